The number of pyridine rings is 1. The van der Waals surface area contributed by atoms with E-state index in [4.69, 9.17) is 0 Å². The van der Waals surface area contributed by atoms with Crippen molar-refractivity contribution in [2.24, 2.45) is 0 Å². The Kier molecular flexibility index (Phi) is 8.85. The minimum atomic E-state index is -0.633. The van der Waals surface area contributed by atoms with Crippen molar-refractivity contribution >= 4 is 28.4 Å². The zero-order valence-electron chi connectivity index (χ0n) is 19.9. The molecule has 0 aliphatic heterocycles. The number of rotatable bonds is 11. The summed E-state index contributed by atoms with van der Waals surface area (Å²) in [6.07, 6.45) is 5.70. The first-order valence-corrected chi connectivity index (χ1v) is 12.0. The Morgan fingerprint density at radius 3 is 2.35 bits per heavy atom. The third-order valence-corrected chi connectivity index (χ3v) is 5.85. The van der Waals surface area contributed by atoms with Crippen molar-refractivity contribution in [1.82, 2.24) is 10.3 Å². The lowest BCUT2D eigenvalue weighted by Gasteiger charge is -2.23. The fourth-order valence-corrected chi connectivity index (χ4v) is 3.88. The third kappa shape index (κ3) is 5.84. The van der Waals surface area contributed by atoms with Gasteiger partial charge in [-0.3, -0.25) is 14.4 Å². The fraction of sp³-hybridized carbons (Fsp3) is 0.370. The van der Waals surface area contributed by atoms with Crippen LogP contribution in [0.2, 0.25) is 0 Å². The van der Waals surface area contributed by atoms with Gasteiger partial charge >= 0.3 is 0 Å². The van der Waals surface area contributed by atoms with E-state index in [1.165, 1.54) is 4.90 Å². The first kappa shape index (κ1) is 25.0. The Balaban J connectivity index is 1.92. The van der Waals surface area contributed by atoms with Crippen LogP contribution < -0.4 is 15.8 Å². The van der Waals surface area contributed by atoms with E-state index in [9.17, 15) is 19.5 Å². The number of benzene rings is 2. The molecule has 2 amide bonds. The first-order valence-electron chi connectivity index (χ1n) is 12.0. The molecular formula is C27H33N3O4. The van der Waals surface area contributed by atoms with Gasteiger partial charge in [-0.25, -0.2) is 0 Å². The summed E-state index contributed by atoms with van der Waals surface area (Å²) in [5.74, 6) is -1.06. The second kappa shape index (κ2) is 12.0. The maximum atomic E-state index is 13.6. The zero-order valence-corrected chi connectivity index (χ0v) is 19.9. The largest absolute Gasteiger partial charge is 0.506 e. The van der Waals surface area contributed by atoms with Crippen molar-refractivity contribution in [3.63, 3.8) is 0 Å². The molecule has 180 valence electrons. The number of hydrogen-bond donors (Lipinski definition) is 3. The van der Waals surface area contributed by atoms with Gasteiger partial charge in [0.1, 0.15) is 11.3 Å². The van der Waals surface area contributed by atoms with Crippen LogP contribution >= 0.6 is 0 Å². The topological polar surface area (TPSA) is 102 Å². The smallest absolute Gasteiger partial charge is 0.267 e. The molecule has 3 rings (SSSR count). The Morgan fingerprint density at radius 2 is 1.65 bits per heavy atom. The summed E-state index contributed by atoms with van der Waals surface area (Å²) in [5.41, 5.74) is 0.625. The van der Waals surface area contributed by atoms with Crippen molar-refractivity contribution in [3.05, 3.63) is 70.0 Å². The lowest BCUT2D eigenvalue weighted by atomic mass is 10.1. The quantitative estimate of drug-likeness (QED) is 0.349. The highest BCUT2D eigenvalue weighted by atomic mass is 16.3. The molecule has 0 atom stereocenters. The molecule has 3 aromatic rings. The maximum Gasteiger partial charge on any atom is 0.267 e. The van der Waals surface area contributed by atoms with Crippen LogP contribution in [0.15, 0.2) is 53.3 Å². The number of H-pyrrole nitrogens is 1. The van der Waals surface area contributed by atoms with E-state index in [0.29, 0.717) is 35.2 Å². The molecule has 0 fully saturated rings. The minimum absolute atomic E-state index is 0.163. The highest BCUT2D eigenvalue weighted by Gasteiger charge is 2.25. The molecule has 3 N–H and O–H groups in total. The first-order chi connectivity index (χ1) is 16.5. The van der Waals surface area contributed by atoms with E-state index in [1.54, 1.807) is 48.5 Å². The van der Waals surface area contributed by atoms with Gasteiger partial charge in [0.25, 0.3) is 17.4 Å². The number of unbranched alkanes of at least 4 members (excludes halogenated alkanes) is 4. The maximum absolute atomic E-state index is 13.6. The lowest BCUT2D eigenvalue weighted by molar-refractivity contribution is 0.0951. The number of anilines is 1. The third-order valence-electron chi connectivity index (χ3n) is 5.85. The van der Waals surface area contributed by atoms with E-state index in [-0.39, 0.29) is 17.2 Å². The van der Waals surface area contributed by atoms with E-state index in [2.05, 4.69) is 24.1 Å². The summed E-state index contributed by atoms with van der Waals surface area (Å²) in [7, 11) is 0. The molecule has 34 heavy (non-hydrogen) atoms. The number of nitrogens with zero attached hydrogens (tertiary/aromatic N) is 1. The molecule has 7 nitrogen and oxygen atoms in total. The van der Waals surface area contributed by atoms with Gasteiger partial charge in [0.05, 0.1) is 5.52 Å². The monoisotopic (exact) mass is 463 g/mol. The van der Waals surface area contributed by atoms with Crippen LogP contribution in [0.1, 0.15) is 73.1 Å². The summed E-state index contributed by atoms with van der Waals surface area (Å²) < 4.78 is 0. The second-order valence-electron chi connectivity index (χ2n) is 8.40. The number of hydrogen-bond acceptors (Lipinski definition) is 4. The van der Waals surface area contributed by atoms with Crippen LogP contribution in [0, 0.1) is 0 Å². The van der Waals surface area contributed by atoms with Gasteiger partial charge < -0.3 is 20.3 Å². The SMILES string of the molecule is CCCCCCN(C(=O)c1c(O)c2ccccc2[nH]c1=O)c1ccc(C(=O)NCCCC)cc1. The highest BCUT2D eigenvalue weighted by molar-refractivity contribution is 6.10. The summed E-state index contributed by atoms with van der Waals surface area (Å²) in [5, 5.41) is 14.1. The summed E-state index contributed by atoms with van der Waals surface area (Å²) in [6, 6.07) is 13.6. The molecule has 2 aromatic carbocycles. The van der Waals surface area contributed by atoms with Crippen LogP contribution in [0.25, 0.3) is 10.9 Å². The van der Waals surface area contributed by atoms with E-state index < -0.39 is 11.5 Å². The molecule has 0 saturated carbocycles. The number of carbonyl (C=O) groups excluding carboxylic acids is 2. The van der Waals surface area contributed by atoms with Crippen molar-refractivity contribution in [2.45, 2.75) is 52.4 Å². The number of para-hydroxylation sites is 1. The molecule has 0 bridgehead atoms. The van der Waals surface area contributed by atoms with Crippen molar-refractivity contribution in [3.8, 4) is 5.75 Å². The van der Waals surface area contributed by atoms with Gasteiger partial charge in [-0.15, -0.1) is 0 Å². The van der Waals surface area contributed by atoms with Crippen molar-refractivity contribution in [2.75, 3.05) is 18.0 Å². The Hall–Kier alpha value is -3.61. The van der Waals surface area contributed by atoms with Gasteiger partial charge in [0.2, 0.25) is 0 Å². The number of aromatic hydroxyl groups is 1. The predicted octanol–water partition coefficient (Wildman–Crippen LogP) is 4.99. The number of fused-ring (bicyclic) bond motifs is 1. The Bertz CT molecular complexity index is 1180. The number of amides is 2. The fourth-order valence-electron chi connectivity index (χ4n) is 3.88. The molecule has 0 radical (unpaired) electrons. The predicted molar refractivity (Wildman–Crippen MR) is 136 cm³/mol. The van der Waals surface area contributed by atoms with E-state index in [1.807, 2.05) is 0 Å². The minimum Gasteiger partial charge on any atom is -0.506 e. The lowest BCUT2D eigenvalue weighted by Crippen LogP contribution is -2.36. The number of carbonyl (C=O) groups is 2. The van der Waals surface area contributed by atoms with Gasteiger partial charge in [-0.1, -0.05) is 51.7 Å². The molecule has 0 saturated heterocycles. The van der Waals surface area contributed by atoms with Gasteiger partial charge in [-0.05, 0) is 49.2 Å². The standard InChI is InChI=1S/C27H33N3O4/c1-3-5-7-10-18-30(20-15-13-19(14-16-20)25(32)28-17-6-4-2)27(34)23-24(31)21-11-8-9-12-22(21)29-26(23)33/h8-9,11-16H,3-7,10,17-18H2,1-2H3,(H,28,32)(H2,29,31,33). The normalized spacial score (nSPS) is 10.9. The Morgan fingerprint density at radius 1 is 0.941 bits per heavy atom. The van der Waals surface area contributed by atoms with Crippen molar-refractivity contribution in [1.29, 1.82) is 0 Å². The average molecular weight is 464 g/mol. The number of aromatic nitrogens is 1. The molecule has 0 aliphatic carbocycles. The number of aromatic amines is 1. The van der Waals surface area contributed by atoms with Crippen LogP contribution in [-0.2, 0) is 0 Å². The molecule has 0 spiro atoms. The molecule has 1 aromatic heterocycles. The summed E-state index contributed by atoms with van der Waals surface area (Å²) in [6.45, 7) is 5.18. The molecule has 0 aliphatic rings. The zero-order chi connectivity index (χ0) is 24.5. The van der Waals surface area contributed by atoms with Crippen LogP contribution in [-0.4, -0.2) is 35.0 Å². The molecular weight excluding hydrogens is 430 g/mol. The van der Waals surface area contributed by atoms with Gasteiger partial charge in [0.15, 0.2) is 0 Å². The van der Waals surface area contributed by atoms with Crippen molar-refractivity contribution < 1.29 is 14.7 Å². The molecule has 0 unspecified atom stereocenters. The van der Waals surface area contributed by atoms with Gasteiger partial charge in [-0.2, -0.15) is 0 Å². The van der Waals surface area contributed by atoms with Gasteiger partial charge in [0, 0.05) is 29.7 Å². The van der Waals surface area contributed by atoms with Crippen LogP contribution in [0.3, 0.4) is 0 Å². The second-order valence-corrected chi connectivity index (χ2v) is 8.40. The molecule has 7 heteroatoms. The molecule has 1 heterocycles. The van der Waals surface area contributed by atoms with Crippen LogP contribution in [0.4, 0.5) is 5.69 Å². The van der Waals surface area contributed by atoms with E-state index in [0.717, 1.165) is 38.5 Å². The Labute approximate surface area is 199 Å². The number of nitrogens with one attached hydrogen (secondary N) is 2. The summed E-state index contributed by atoms with van der Waals surface area (Å²) >= 11 is 0. The van der Waals surface area contributed by atoms with E-state index >= 15 is 0 Å². The van der Waals surface area contributed by atoms with Crippen LogP contribution in [0.5, 0.6) is 5.75 Å². The highest BCUT2D eigenvalue weighted by Crippen LogP contribution is 2.27. The average Bonchev–Trinajstić information content (AvgIpc) is 2.84. The summed E-state index contributed by atoms with van der Waals surface area (Å²) in [4.78, 5) is 42.9.